The molecule has 1 N–H and O–H groups in total. The van der Waals surface area contributed by atoms with Gasteiger partial charge in [-0.25, -0.2) is 12.7 Å². The number of thioether (sulfide) groups is 1. The summed E-state index contributed by atoms with van der Waals surface area (Å²) in [5.41, 5.74) is 2.59. The van der Waals surface area contributed by atoms with Crippen LogP contribution < -0.4 is 5.32 Å². The normalized spacial score (nSPS) is 16.5. The summed E-state index contributed by atoms with van der Waals surface area (Å²) in [5, 5.41) is 2.70. The highest BCUT2D eigenvalue weighted by Gasteiger charge is 2.23. The molecule has 1 aromatic carbocycles. The van der Waals surface area contributed by atoms with Crippen molar-refractivity contribution in [1.29, 1.82) is 0 Å². The number of amides is 1. The first-order valence-corrected chi connectivity index (χ1v) is 10.1. The van der Waals surface area contributed by atoms with E-state index in [4.69, 9.17) is 0 Å². The first-order valence-electron chi connectivity index (χ1n) is 7.31. The summed E-state index contributed by atoms with van der Waals surface area (Å²) < 4.78 is 25.9. The molecule has 1 aromatic rings. The number of hydrogen-bond donors (Lipinski definition) is 1. The van der Waals surface area contributed by atoms with E-state index in [9.17, 15) is 13.2 Å². The molecule has 1 aliphatic rings. The lowest BCUT2D eigenvalue weighted by Gasteiger charge is -2.25. The van der Waals surface area contributed by atoms with Gasteiger partial charge >= 0.3 is 0 Å². The molecule has 5 nitrogen and oxygen atoms in total. The van der Waals surface area contributed by atoms with Crippen LogP contribution in [0.4, 0.5) is 0 Å². The van der Waals surface area contributed by atoms with Crippen molar-refractivity contribution in [3.63, 3.8) is 0 Å². The van der Waals surface area contributed by atoms with Crippen LogP contribution in [0.3, 0.4) is 0 Å². The molecule has 0 aliphatic carbocycles. The average molecular weight is 342 g/mol. The molecule has 0 aromatic heterocycles. The number of carbonyl (C=O) groups is 1. The standard InChI is InChI=1S/C15H22N2O3S2/c1-12-3-4-14(13(2)11-12)15(18)16-5-10-22(19,20)17-6-8-21-9-7-17/h3-4,11H,5-10H2,1-2H3,(H,16,18). The highest BCUT2D eigenvalue weighted by atomic mass is 32.2. The first kappa shape index (κ1) is 17.3. The predicted molar refractivity (Wildman–Crippen MR) is 90.9 cm³/mol. The average Bonchev–Trinajstić information content (AvgIpc) is 2.47. The fraction of sp³-hybridized carbons (Fsp3) is 0.533. The Balaban J connectivity index is 1.88. The van der Waals surface area contributed by atoms with Crippen molar-refractivity contribution in [3.05, 3.63) is 34.9 Å². The smallest absolute Gasteiger partial charge is 0.251 e. The second kappa shape index (κ2) is 7.48. The SMILES string of the molecule is Cc1ccc(C(=O)NCCS(=O)(=O)N2CCSCC2)c(C)c1. The van der Waals surface area contributed by atoms with Crippen molar-refractivity contribution in [1.82, 2.24) is 9.62 Å². The van der Waals surface area contributed by atoms with Crippen LogP contribution in [0.1, 0.15) is 21.5 Å². The van der Waals surface area contributed by atoms with E-state index in [-0.39, 0.29) is 18.2 Å². The Morgan fingerprint density at radius 2 is 1.95 bits per heavy atom. The molecule has 0 radical (unpaired) electrons. The van der Waals surface area contributed by atoms with E-state index in [2.05, 4.69) is 5.32 Å². The van der Waals surface area contributed by atoms with E-state index in [1.165, 1.54) is 4.31 Å². The van der Waals surface area contributed by atoms with Crippen LogP contribution in [0.5, 0.6) is 0 Å². The van der Waals surface area contributed by atoms with Gasteiger partial charge in [0, 0.05) is 36.7 Å². The first-order chi connectivity index (χ1) is 10.4. The molecular weight excluding hydrogens is 320 g/mol. The Morgan fingerprint density at radius 1 is 1.27 bits per heavy atom. The minimum atomic E-state index is -3.27. The molecule has 1 fully saturated rings. The zero-order valence-corrected chi connectivity index (χ0v) is 14.6. The molecule has 2 rings (SSSR count). The van der Waals surface area contributed by atoms with Gasteiger partial charge < -0.3 is 5.32 Å². The zero-order chi connectivity index (χ0) is 16.2. The van der Waals surface area contributed by atoms with E-state index in [1.54, 1.807) is 17.8 Å². The number of aryl methyl sites for hydroxylation is 2. The molecular formula is C15H22N2O3S2. The van der Waals surface area contributed by atoms with E-state index in [0.29, 0.717) is 18.7 Å². The quantitative estimate of drug-likeness (QED) is 0.879. The van der Waals surface area contributed by atoms with Crippen LogP contribution in [0.15, 0.2) is 18.2 Å². The molecule has 0 atom stereocenters. The number of benzene rings is 1. The molecule has 1 aliphatic heterocycles. The zero-order valence-electron chi connectivity index (χ0n) is 13.0. The van der Waals surface area contributed by atoms with Crippen molar-refractivity contribution in [3.8, 4) is 0 Å². The van der Waals surface area contributed by atoms with Crippen molar-refractivity contribution < 1.29 is 13.2 Å². The summed E-state index contributed by atoms with van der Waals surface area (Å²) in [6.45, 7) is 5.12. The number of nitrogens with zero attached hydrogens (tertiary/aromatic N) is 1. The second-order valence-corrected chi connectivity index (χ2v) is 8.71. The van der Waals surface area contributed by atoms with E-state index < -0.39 is 10.0 Å². The largest absolute Gasteiger partial charge is 0.351 e. The van der Waals surface area contributed by atoms with Crippen molar-refractivity contribution in [2.45, 2.75) is 13.8 Å². The van der Waals surface area contributed by atoms with Crippen molar-refractivity contribution in [2.24, 2.45) is 0 Å². The number of carbonyl (C=O) groups excluding carboxylic acids is 1. The van der Waals surface area contributed by atoms with E-state index >= 15 is 0 Å². The maximum Gasteiger partial charge on any atom is 0.251 e. The maximum atomic E-state index is 12.2. The van der Waals surface area contributed by atoms with Gasteiger partial charge in [-0.05, 0) is 25.5 Å². The van der Waals surface area contributed by atoms with E-state index in [1.807, 2.05) is 26.0 Å². The fourth-order valence-electron chi connectivity index (χ4n) is 2.41. The topological polar surface area (TPSA) is 66.5 Å². The molecule has 22 heavy (non-hydrogen) atoms. The van der Waals surface area contributed by atoms with Gasteiger partial charge in [0.2, 0.25) is 10.0 Å². The number of rotatable bonds is 5. The van der Waals surface area contributed by atoms with Crippen molar-refractivity contribution >= 4 is 27.7 Å². The summed E-state index contributed by atoms with van der Waals surface area (Å²) in [4.78, 5) is 12.1. The molecule has 0 spiro atoms. The Labute approximate surface area is 136 Å². The van der Waals surface area contributed by atoms with Crippen LogP contribution in [0.25, 0.3) is 0 Å². The number of nitrogens with one attached hydrogen (secondary N) is 1. The lowest BCUT2D eigenvalue weighted by atomic mass is 10.1. The molecule has 1 saturated heterocycles. The molecule has 1 heterocycles. The third-order valence-electron chi connectivity index (χ3n) is 3.64. The minimum absolute atomic E-state index is 0.0473. The second-order valence-electron chi connectivity index (χ2n) is 5.40. The molecule has 7 heteroatoms. The lowest BCUT2D eigenvalue weighted by molar-refractivity contribution is 0.0955. The maximum absolute atomic E-state index is 12.2. The third kappa shape index (κ3) is 4.47. The van der Waals surface area contributed by atoms with Gasteiger partial charge in [-0.15, -0.1) is 0 Å². The summed E-state index contributed by atoms with van der Waals surface area (Å²) in [6.07, 6.45) is 0. The van der Waals surface area contributed by atoms with E-state index in [0.717, 1.165) is 22.6 Å². The Kier molecular flexibility index (Phi) is 5.88. The molecule has 1 amide bonds. The van der Waals surface area contributed by atoms with Gasteiger partial charge in [-0.2, -0.15) is 11.8 Å². The Hall–Kier alpha value is -1.05. The van der Waals surface area contributed by atoms with Gasteiger partial charge in [-0.1, -0.05) is 17.7 Å². The summed E-state index contributed by atoms with van der Waals surface area (Å²) in [7, 11) is -3.27. The van der Waals surface area contributed by atoms with Crippen LogP contribution in [-0.4, -0.2) is 55.5 Å². The third-order valence-corrected chi connectivity index (χ3v) is 6.45. The number of hydrogen-bond acceptors (Lipinski definition) is 4. The summed E-state index contributed by atoms with van der Waals surface area (Å²) >= 11 is 1.77. The monoisotopic (exact) mass is 342 g/mol. The van der Waals surface area contributed by atoms with Crippen LogP contribution in [-0.2, 0) is 10.0 Å². The minimum Gasteiger partial charge on any atom is -0.351 e. The van der Waals surface area contributed by atoms with Gasteiger partial charge in [0.25, 0.3) is 5.91 Å². The molecule has 0 saturated carbocycles. The highest BCUT2D eigenvalue weighted by molar-refractivity contribution is 7.99. The fourth-order valence-corrected chi connectivity index (χ4v) is 4.90. The summed E-state index contributed by atoms with van der Waals surface area (Å²) in [5.74, 6) is 1.42. The number of sulfonamides is 1. The van der Waals surface area contributed by atoms with Gasteiger partial charge in [0.1, 0.15) is 0 Å². The molecule has 122 valence electrons. The van der Waals surface area contributed by atoms with Crippen LogP contribution >= 0.6 is 11.8 Å². The Morgan fingerprint density at radius 3 is 2.59 bits per heavy atom. The lowest BCUT2D eigenvalue weighted by Crippen LogP contribution is -2.41. The van der Waals surface area contributed by atoms with Gasteiger partial charge in [-0.3, -0.25) is 4.79 Å². The molecule has 0 unspecified atom stereocenters. The Bertz CT molecular complexity index is 638. The molecule has 0 bridgehead atoms. The van der Waals surface area contributed by atoms with Crippen LogP contribution in [0, 0.1) is 13.8 Å². The predicted octanol–water partition coefficient (Wildman–Crippen LogP) is 1.41. The summed E-state index contributed by atoms with van der Waals surface area (Å²) in [6, 6.07) is 5.59. The van der Waals surface area contributed by atoms with Gasteiger partial charge in [0.15, 0.2) is 0 Å². The van der Waals surface area contributed by atoms with Crippen LogP contribution in [0.2, 0.25) is 0 Å². The van der Waals surface area contributed by atoms with Gasteiger partial charge in [0.05, 0.1) is 5.75 Å². The van der Waals surface area contributed by atoms with Crippen molar-refractivity contribution in [2.75, 3.05) is 36.9 Å². The highest BCUT2D eigenvalue weighted by Crippen LogP contribution is 2.13.